The van der Waals surface area contributed by atoms with Crippen LogP contribution in [-0.4, -0.2) is 171 Å². The van der Waals surface area contributed by atoms with Crippen LogP contribution in [0.4, 0.5) is 62.6 Å². The molecule has 0 spiro atoms. The molecule has 500 valence electrons. The van der Waals surface area contributed by atoms with Crippen LogP contribution < -0.4 is 58.3 Å². The van der Waals surface area contributed by atoms with E-state index in [1.165, 1.54) is 39.1 Å². The fourth-order valence-electron chi connectivity index (χ4n) is 7.67. The van der Waals surface area contributed by atoms with Gasteiger partial charge in [-0.05, 0) is 149 Å². The Balaban J connectivity index is 0.000000389. The molecule has 0 fully saturated rings. The average molecular weight is 1480 g/mol. The molecular formula is C64H84Cl3N13O7S5Zn. The molecule has 0 saturated heterocycles. The Morgan fingerprint density at radius 2 is 1.03 bits per heavy atom. The third-order valence-electron chi connectivity index (χ3n) is 12.7. The second kappa shape index (κ2) is 40.6. The number of rotatable bonds is 13. The number of nitrogens with zero attached hydrogens (tertiary/aromatic N) is 10. The summed E-state index contributed by atoms with van der Waals surface area (Å²) in [5.74, 6) is 0. The van der Waals surface area contributed by atoms with E-state index in [-0.39, 0.29) is 23.2 Å². The maximum atomic E-state index is 11.2. The Bertz CT molecular complexity index is 3800. The summed E-state index contributed by atoms with van der Waals surface area (Å²) in [5.41, 5.74) is 24.9. The molecular weight excluding hydrogens is 1390 g/mol. The standard InChI is InChI=1S/C16H19N3O3S2.C16H19N3S.C8H12N2O3S2.C8H10N2O.C8H12N2.C8H11N.3ClH.Zn/c1-18(2)13-7-5-12(6-8-13)17-15-10-9-14(19(3)4)11-16(15)23-24(20,21)22;1-18(2)11-5-7-13-15(9-11)20-16-10-12(19(3)4)6-8-14(16)17-13;1-10(2)6-3-4-7(9)8(5-6)14-15(11,12)13;1-10(2)8-5-3-7(9-11)4-6-8;1-10(2)8-5-3-7(9)4-6-8;1-9(2)8-6-4-3-5-7-8;;;;/h5-11H,1-4H3;5-10,15H,1-4H3;3-5H,9H2,1-2H3,(H,11,12,13);3-6H,1-2H3;3-6H,9H2,1-2H3;3-7H,1-2H3;3*1H;/q;;;;;;;;;+2/p-2. The van der Waals surface area contributed by atoms with Crippen LogP contribution >= 0.6 is 52.7 Å². The Morgan fingerprint density at radius 3 is 1.48 bits per heavy atom. The zero-order chi connectivity index (χ0) is 69.0. The van der Waals surface area contributed by atoms with Crippen molar-refractivity contribution in [3.05, 3.63) is 187 Å². The molecule has 0 saturated carbocycles. The van der Waals surface area contributed by atoms with Crippen molar-refractivity contribution in [1.82, 2.24) is 4.90 Å². The van der Waals surface area contributed by atoms with Crippen LogP contribution in [0.1, 0.15) is 0 Å². The summed E-state index contributed by atoms with van der Waals surface area (Å²) in [5, 5.41) is 3.18. The number of para-hydroxylation sites is 1. The summed E-state index contributed by atoms with van der Waals surface area (Å²) in [6.07, 6.45) is 14.2. The van der Waals surface area contributed by atoms with E-state index in [4.69, 9.17) is 35.4 Å². The van der Waals surface area contributed by atoms with Crippen molar-refractivity contribution in [3.63, 3.8) is 0 Å². The van der Waals surface area contributed by atoms with Crippen LogP contribution in [0.2, 0.25) is 0 Å². The number of nitrogens with one attached hydrogen (secondary N) is 1. The maximum absolute atomic E-state index is 11.2. The first-order valence-electron chi connectivity index (χ1n) is 28.0. The number of fused-ring (bicyclic) bond motifs is 2. The van der Waals surface area contributed by atoms with Gasteiger partial charge < -0.3 is 62.7 Å². The second-order valence-corrected chi connectivity index (χ2v) is 33.7. The summed E-state index contributed by atoms with van der Waals surface area (Å²) >= 11 is 0.983. The molecule has 0 amide bonds. The number of thioether (sulfide) groups is 1. The number of benzene rings is 6. The zero-order valence-corrected chi connectivity index (χ0v) is 64.5. The number of allylic oxidation sites excluding steroid dienone is 6. The Hall–Kier alpha value is -6.55. The fraction of sp³-hybridized carbons (Fsp3) is 0.266. The third kappa shape index (κ3) is 30.6. The molecule has 0 radical (unpaired) electrons. The molecule has 1 aliphatic heterocycles. The minimum atomic E-state index is -4.47. The van der Waals surface area contributed by atoms with Crippen LogP contribution in [-0.2, 0) is 33.4 Å². The van der Waals surface area contributed by atoms with Gasteiger partial charge in [0.25, 0.3) is 0 Å². The van der Waals surface area contributed by atoms with Gasteiger partial charge in [0.1, 0.15) is 25.0 Å². The van der Waals surface area contributed by atoms with Gasteiger partial charge in [0.05, 0.1) is 21.2 Å². The van der Waals surface area contributed by atoms with Gasteiger partial charge in [-0.15, -0.1) is 16.7 Å². The van der Waals surface area contributed by atoms with Crippen LogP contribution in [0.25, 0.3) is 0 Å². The van der Waals surface area contributed by atoms with Gasteiger partial charge >= 0.3 is 43.7 Å². The van der Waals surface area contributed by atoms with E-state index >= 15 is 0 Å². The molecule has 1 heterocycles. The first kappa shape index (κ1) is 82.5. The van der Waals surface area contributed by atoms with Gasteiger partial charge in [0.2, 0.25) is 5.69 Å². The van der Waals surface area contributed by atoms with E-state index in [0.29, 0.717) is 48.6 Å². The Morgan fingerprint density at radius 1 is 0.581 bits per heavy atom. The van der Waals surface area contributed by atoms with E-state index in [0.717, 1.165) is 28.5 Å². The van der Waals surface area contributed by atoms with Gasteiger partial charge in [0, 0.05) is 190 Å². The summed E-state index contributed by atoms with van der Waals surface area (Å²) in [4.78, 5) is 34.0. The van der Waals surface area contributed by atoms with Crippen LogP contribution in [0.5, 0.6) is 0 Å². The van der Waals surface area contributed by atoms with Crippen molar-refractivity contribution in [1.29, 1.82) is 0 Å². The molecule has 93 heavy (non-hydrogen) atoms. The molecule has 0 bridgehead atoms. The molecule has 6 N–H and O–H groups in total. The molecule has 0 aromatic heterocycles. The van der Waals surface area contributed by atoms with Gasteiger partial charge in [-0.1, -0.05) is 18.2 Å². The monoisotopic (exact) mass is 1480 g/mol. The first-order valence-corrected chi connectivity index (χ1v) is 42.2. The molecule has 6 aromatic carbocycles. The van der Waals surface area contributed by atoms with Crippen LogP contribution in [0.15, 0.2) is 207 Å². The van der Waals surface area contributed by atoms with E-state index in [2.05, 4.69) is 107 Å². The van der Waals surface area contributed by atoms with Crippen molar-refractivity contribution in [2.24, 2.45) is 10.2 Å². The Labute approximate surface area is 584 Å². The number of halogens is 3. The van der Waals surface area contributed by atoms with Crippen molar-refractivity contribution in [2.75, 3.05) is 154 Å². The van der Waals surface area contributed by atoms with E-state index in [9.17, 15) is 26.3 Å². The first-order chi connectivity index (χ1) is 43.1. The number of aliphatic imine (C=N–C) groups is 1. The SMILES string of the molecule is CN(C)C1=CC2Sc3cc(N(C)C)ccc3[NH+]=C2C=C1.CN(C)c1ccc(N)c(SS(=O)(=O)O)c1.CN(C)c1ccc(N)cc1.CN(C)c1ccc(N=C2C=CC(=[N+](C)C)C=C2)c(SS(=O)(=O)[O-])c1.CN(C)c1ccc(N=O)cc1.CN(C)c1ccccc1.[Cl-].[Cl][Zn][Cl]. The molecule has 2 aliphatic carbocycles. The predicted octanol–water partition coefficient (Wildman–Crippen LogP) is 8.46. The third-order valence-corrected chi connectivity index (χ3v) is 17.7. The van der Waals surface area contributed by atoms with E-state index in [1.807, 2.05) is 205 Å². The van der Waals surface area contributed by atoms with Crippen LogP contribution in [0, 0.1) is 4.91 Å². The van der Waals surface area contributed by atoms with Crippen molar-refractivity contribution in [2.45, 2.75) is 19.9 Å². The molecule has 29 heteroatoms. The number of hydrogen-bond acceptors (Lipinski definition) is 20. The quantitative estimate of drug-likeness (QED) is 0.0161. The van der Waals surface area contributed by atoms with Gasteiger partial charge in [-0.2, -0.15) is 8.42 Å². The molecule has 6 aromatic rings. The summed E-state index contributed by atoms with van der Waals surface area (Å²) in [6, 6.07) is 41.9. The number of hydrogen-bond donors (Lipinski definition) is 4. The zero-order valence-electron chi connectivity index (χ0n) is 55.2. The van der Waals surface area contributed by atoms with E-state index < -0.39 is 33.4 Å². The number of nitroso groups, excluding NO2 is 1. The van der Waals surface area contributed by atoms with Crippen molar-refractivity contribution < 1.29 is 63.1 Å². The molecule has 1 atom stereocenters. The minimum absolute atomic E-state index is 0. The number of likely N-dealkylation sites (N-methyl/N-ethyl adjacent to an activating group) is 1. The number of nitrogen functional groups attached to an aromatic ring is 2. The van der Waals surface area contributed by atoms with Crippen molar-refractivity contribution >= 4 is 151 Å². The molecule has 9 rings (SSSR count). The topological polar surface area (TPSA) is 245 Å². The normalized spacial score (nSPS) is 12.8. The van der Waals surface area contributed by atoms with E-state index in [1.54, 1.807) is 42.5 Å². The average Bonchev–Trinajstić information content (AvgIpc) is 0.836. The molecule has 1 unspecified atom stereocenters. The van der Waals surface area contributed by atoms with Gasteiger partial charge in [-0.25, -0.2) is 23.0 Å². The molecule has 20 nitrogen and oxygen atoms in total. The van der Waals surface area contributed by atoms with Gasteiger partial charge in [-0.3, -0.25) is 4.55 Å². The second-order valence-electron chi connectivity index (χ2n) is 21.5. The summed E-state index contributed by atoms with van der Waals surface area (Å²) < 4.78 is 65.5. The summed E-state index contributed by atoms with van der Waals surface area (Å²) in [7, 11) is 33.4. The van der Waals surface area contributed by atoms with Crippen LogP contribution in [0.3, 0.4) is 0 Å². The number of anilines is 8. The molecule has 3 aliphatic rings. The van der Waals surface area contributed by atoms with Gasteiger partial charge in [0.15, 0.2) is 20.6 Å². The van der Waals surface area contributed by atoms with Crippen molar-refractivity contribution in [3.8, 4) is 0 Å². The predicted molar refractivity (Wildman–Crippen MR) is 392 cm³/mol. The fourth-order valence-corrected chi connectivity index (χ4v) is 12.2. The Kier molecular flexibility index (Phi) is 36.1. The number of nitrogens with two attached hydrogens (primary N) is 2. The summed E-state index contributed by atoms with van der Waals surface area (Å²) in [6.45, 7) is 0.